The lowest BCUT2D eigenvalue weighted by molar-refractivity contribution is -0.143. The van der Waals surface area contributed by atoms with E-state index in [1.54, 1.807) is 0 Å². The molecule has 1 amide bonds. The molecule has 0 aromatic heterocycles. The van der Waals surface area contributed by atoms with Crippen LogP contribution in [0.15, 0.2) is 0 Å². The van der Waals surface area contributed by atoms with Crippen molar-refractivity contribution in [3.05, 3.63) is 0 Å². The monoisotopic (exact) mass is 369 g/mol. The Balaban J connectivity index is 2.09. The molecule has 0 spiro atoms. The maximum Gasteiger partial charge on any atom is 0.451 e. The van der Waals surface area contributed by atoms with Gasteiger partial charge in [0.1, 0.15) is 11.6 Å². The van der Waals surface area contributed by atoms with Crippen molar-refractivity contribution in [2.24, 2.45) is 11.8 Å². The first-order valence-electron chi connectivity index (χ1n) is 9.64. The van der Waals surface area contributed by atoms with Crippen molar-refractivity contribution in [3.8, 4) is 0 Å². The molecule has 2 saturated heterocycles. The fourth-order valence-corrected chi connectivity index (χ4v) is 4.34. The van der Waals surface area contributed by atoms with Gasteiger partial charge in [-0.05, 0) is 38.0 Å². The van der Waals surface area contributed by atoms with Crippen LogP contribution in [0.5, 0.6) is 0 Å². The lowest BCUT2D eigenvalue weighted by Gasteiger charge is -2.35. The molecule has 2 aliphatic heterocycles. The highest BCUT2D eigenvalue weighted by Gasteiger charge is 2.54. The fraction of sp³-hybridized carbons (Fsp3) is 0.882. The Bertz CT molecular complexity index is 505. The summed E-state index contributed by atoms with van der Waals surface area (Å²) >= 11 is 0. The van der Waals surface area contributed by atoms with Gasteiger partial charge in [0.05, 0.1) is 0 Å². The van der Waals surface area contributed by atoms with Crippen molar-refractivity contribution < 1.29 is 24.7 Å². The van der Waals surface area contributed by atoms with Crippen molar-refractivity contribution in [1.29, 1.82) is 0 Å². The van der Waals surface area contributed by atoms with E-state index in [9.17, 15) is 14.7 Å². The van der Waals surface area contributed by atoms with Crippen LogP contribution in [0.4, 0.5) is 0 Å². The number of fused-ring (bicyclic) bond motifs is 1. The molecule has 26 heavy (non-hydrogen) atoms. The molecule has 0 radical (unpaired) electrons. The molecule has 0 saturated carbocycles. The number of hydrogen-bond donors (Lipinski definition) is 6. The highest BCUT2D eigenvalue weighted by Crippen LogP contribution is 2.37. The lowest BCUT2D eigenvalue weighted by atomic mass is 9.76. The summed E-state index contributed by atoms with van der Waals surface area (Å²) in [6, 6.07) is -0.675. The number of unbranched alkanes of at least 4 members (excludes halogenated alkanes) is 1. The average Bonchev–Trinajstić information content (AvgIpc) is 3.13. The number of rotatable bonds is 10. The Morgan fingerprint density at radius 3 is 2.65 bits per heavy atom. The zero-order valence-corrected chi connectivity index (χ0v) is 15.7. The molecular formula is C17H32BN3O5. The number of aliphatic carboxylic acids is 1. The normalized spacial score (nSPS) is 28.8. The molecule has 4 atom stereocenters. The minimum absolute atomic E-state index is 0.120. The van der Waals surface area contributed by atoms with Crippen LogP contribution in [-0.2, 0) is 9.59 Å². The third-order valence-corrected chi connectivity index (χ3v) is 5.62. The molecule has 2 fully saturated rings. The van der Waals surface area contributed by atoms with Gasteiger partial charge in [0.15, 0.2) is 0 Å². The van der Waals surface area contributed by atoms with Crippen LogP contribution in [0, 0.1) is 11.8 Å². The molecule has 6 N–H and O–H groups in total. The van der Waals surface area contributed by atoms with Gasteiger partial charge in [-0.2, -0.15) is 0 Å². The van der Waals surface area contributed by atoms with Crippen molar-refractivity contribution in [2.45, 2.75) is 69.9 Å². The molecule has 0 bridgehead atoms. The largest absolute Gasteiger partial charge is 0.480 e. The molecular weight excluding hydrogens is 337 g/mol. The summed E-state index contributed by atoms with van der Waals surface area (Å²) < 4.78 is 0. The van der Waals surface area contributed by atoms with Crippen LogP contribution < -0.4 is 16.0 Å². The van der Waals surface area contributed by atoms with E-state index in [-0.39, 0.29) is 30.1 Å². The molecule has 0 unspecified atom stereocenters. The maximum atomic E-state index is 13.2. The Morgan fingerprint density at radius 1 is 1.31 bits per heavy atom. The first-order valence-corrected chi connectivity index (χ1v) is 9.64. The van der Waals surface area contributed by atoms with Gasteiger partial charge in [0, 0.05) is 18.5 Å². The van der Waals surface area contributed by atoms with Crippen LogP contribution in [0.3, 0.4) is 0 Å². The molecule has 2 rings (SSSR count). The van der Waals surface area contributed by atoms with E-state index in [2.05, 4.69) is 16.0 Å². The van der Waals surface area contributed by atoms with Crippen LogP contribution in [0.25, 0.3) is 0 Å². The third kappa shape index (κ3) is 4.97. The Morgan fingerprint density at radius 2 is 2.04 bits per heavy atom. The van der Waals surface area contributed by atoms with E-state index < -0.39 is 24.7 Å². The minimum Gasteiger partial charge on any atom is -0.480 e. The standard InChI is InChI=1S/C17H32BN3O5/c1-11(2)9-13(15(22)23)21-16(24)17(6-3-4-7-18(25)26)12-5-8-19-14(12)10-20-17/h11-14,19-20,25-26H,3-10H2,1-2H3,(H,21,24)(H,22,23)/t12-,13-,14-,17+/m0/s1. The fourth-order valence-electron chi connectivity index (χ4n) is 4.34. The second-order valence-corrected chi connectivity index (χ2v) is 8.03. The zero-order valence-electron chi connectivity index (χ0n) is 15.7. The van der Waals surface area contributed by atoms with E-state index in [1.165, 1.54) is 0 Å². The van der Waals surface area contributed by atoms with E-state index in [4.69, 9.17) is 10.0 Å². The molecule has 9 heteroatoms. The number of amides is 1. The van der Waals surface area contributed by atoms with Crippen LogP contribution in [0.1, 0.15) is 46.0 Å². The number of hydrogen-bond acceptors (Lipinski definition) is 6. The second kappa shape index (κ2) is 9.17. The summed E-state index contributed by atoms with van der Waals surface area (Å²) in [7, 11) is -1.33. The molecule has 2 heterocycles. The van der Waals surface area contributed by atoms with Crippen molar-refractivity contribution in [1.82, 2.24) is 16.0 Å². The highest BCUT2D eigenvalue weighted by atomic mass is 16.4. The number of carbonyl (C=O) groups excluding carboxylic acids is 1. The van der Waals surface area contributed by atoms with Crippen molar-refractivity contribution >= 4 is 19.0 Å². The number of nitrogens with one attached hydrogen (secondary N) is 3. The Labute approximate surface area is 155 Å². The van der Waals surface area contributed by atoms with Gasteiger partial charge in [-0.3, -0.25) is 4.79 Å². The van der Waals surface area contributed by atoms with E-state index >= 15 is 0 Å². The summed E-state index contributed by atoms with van der Waals surface area (Å²) in [6.45, 7) is 5.41. The second-order valence-electron chi connectivity index (χ2n) is 8.03. The summed E-state index contributed by atoms with van der Waals surface area (Å²) in [4.78, 5) is 24.7. The Hall–Kier alpha value is -1.16. The number of carboxylic acid groups (broad SMARTS) is 1. The number of carboxylic acids is 1. The van der Waals surface area contributed by atoms with Crippen molar-refractivity contribution in [3.63, 3.8) is 0 Å². The zero-order chi connectivity index (χ0) is 19.3. The van der Waals surface area contributed by atoms with Crippen LogP contribution in [-0.4, -0.2) is 64.9 Å². The van der Waals surface area contributed by atoms with Gasteiger partial charge in [0.2, 0.25) is 5.91 Å². The molecule has 0 aromatic rings. The predicted molar refractivity (Wildman–Crippen MR) is 98.5 cm³/mol. The summed E-state index contributed by atoms with van der Waals surface area (Å²) in [5, 5.41) is 37.0. The first kappa shape index (κ1) is 21.1. The summed E-state index contributed by atoms with van der Waals surface area (Å²) in [6.07, 6.45) is 3.37. The predicted octanol–water partition coefficient (Wildman–Crippen LogP) is -0.435. The van der Waals surface area contributed by atoms with Gasteiger partial charge >= 0.3 is 13.1 Å². The minimum atomic E-state index is -1.33. The van der Waals surface area contributed by atoms with Crippen LogP contribution in [0.2, 0.25) is 6.32 Å². The summed E-state index contributed by atoms with van der Waals surface area (Å²) in [5.74, 6) is -0.970. The van der Waals surface area contributed by atoms with E-state index in [0.717, 1.165) is 13.0 Å². The molecule has 0 aromatic carbocycles. The molecule has 8 nitrogen and oxygen atoms in total. The smallest absolute Gasteiger partial charge is 0.451 e. The van der Waals surface area contributed by atoms with Gasteiger partial charge in [-0.1, -0.05) is 26.7 Å². The van der Waals surface area contributed by atoms with E-state index in [0.29, 0.717) is 32.2 Å². The topological polar surface area (TPSA) is 131 Å². The molecule has 148 valence electrons. The molecule has 2 aliphatic rings. The third-order valence-electron chi connectivity index (χ3n) is 5.62. The van der Waals surface area contributed by atoms with Gasteiger partial charge < -0.3 is 31.1 Å². The van der Waals surface area contributed by atoms with Gasteiger partial charge in [-0.15, -0.1) is 0 Å². The maximum absolute atomic E-state index is 13.2. The van der Waals surface area contributed by atoms with Gasteiger partial charge in [0.25, 0.3) is 0 Å². The first-order chi connectivity index (χ1) is 12.3. The van der Waals surface area contributed by atoms with Crippen LogP contribution >= 0.6 is 0 Å². The van der Waals surface area contributed by atoms with Crippen molar-refractivity contribution in [2.75, 3.05) is 13.1 Å². The SMILES string of the molecule is CC(C)C[C@H](NC(=O)[C@]1(CCCCB(O)O)NC[C@@H]2NCC[C@@H]21)C(=O)O. The van der Waals surface area contributed by atoms with E-state index in [1.807, 2.05) is 13.8 Å². The number of carbonyl (C=O) groups is 2. The van der Waals surface area contributed by atoms with Gasteiger partial charge in [-0.25, -0.2) is 4.79 Å². The average molecular weight is 369 g/mol. The Kier molecular flexibility index (Phi) is 7.46. The highest BCUT2D eigenvalue weighted by molar-refractivity contribution is 6.40. The lowest BCUT2D eigenvalue weighted by Crippen LogP contribution is -2.60. The molecule has 0 aliphatic carbocycles. The quantitative estimate of drug-likeness (QED) is 0.227. The summed E-state index contributed by atoms with van der Waals surface area (Å²) in [5.41, 5.74) is -0.792.